The smallest absolute Gasteiger partial charge is 0.145 e. The zero-order valence-corrected chi connectivity index (χ0v) is 12.2. The van der Waals surface area contributed by atoms with Gasteiger partial charge in [0.1, 0.15) is 23.3 Å². The molecule has 0 heterocycles. The Morgan fingerprint density at radius 3 is 2.53 bits per heavy atom. The fourth-order valence-corrected chi connectivity index (χ4v) is 2.05. The van der Waals surface area contributed by atoms with Crippen molar-refractivity contribution in [3.63, 3.8) is 0 Å². The number of aryl methyl sites for hydroxylation is 1. The fraction of sp³-hybridized carbons (Fsp3) is 0.133. The highest BCUT2D eigenvalue weighted by molar-refractivity contribution is 9.10. The van der Waals surface area contributed by atoms with Crippen molar-refractivity contribution in [2.24, 2.45) is 0 Å². The van der Waals surface area contributed by atoms with E-state index in [1.807, 2.05) is 31.2 Å². The molecule has 0 unspecified atom stereocenters. The third kappa shape index (κ3) is 3.07. The van der Waals surface area contributed by atoms with Gasteiger partial charge in [0.2, 0.25) is 0 Å². The summed E-state index contributed by atoms with van der Waals surface area (Å²) in [5.41, 5.74) is 1.55. The number of benzene rings is 2. The molecule has 0 aliphatic carbocycles. The molecule has 96 valence electrons. The van der Waals surface area contributed by atoms with Gasteiger partial charge < -0.3 is 9.47 Å². The van der Waals surface area contributed by atoms with Crippen molar-refractivity contribution in [3.05, 3.63) is 52.0 Å². The molecule has 0 saturated heterocycles. The number of nitrogens with zero attached hydrogens (tertiary/aromatic N) is 1. The van der Waals surface area contributed by atoms with E-state index in [4.69, 9.17) is 14.7 Å². The highest BCUT2D eigenvalue weighted by Crippen LogP contribution is 2.34. The van der Waals surface area contributed by atoms with E-state index >= 15 is 0 Å². The van der Waals surface area contributed by atoms with Crippen LogP contribution in [-0.2, 0) is 0 Å². The maximum Gasteiger partial charge on any atom is 0.145 e. The van der Waals surface area contributed by atoms with Gasteiger partial charge >= 0.3 is 0 Å². The molecular formula is C15H12BrNO2. The molecule has 19 heavy (non-hydrogen) atoms. The maximum absolute atomic E-state index is 9.08. The molecule has 2 rings (SSSR count). The lowest BCUT2D eigenvalue weighted by Crippen LogP contribution is -1.91. The van der Waals surface area contributed by atoms with E-state index in [0.717, 1.165) is 15.8 Å². The van der Waals surface area contributed by atoms with Gasteiger partial charge in [-0.05, 0) is 58.7 Å². The van der Waals surface area contributed by atoms with Crippen LogP contribution < -0.4 is 9.47 Å². The highest BCUT2D eigenvalue weighted by Gasteiger charge is 2.08. The first kappa shape index (κ1) is 13.4. The predicted molar refractivity (Wildman–Crippen MR) is 76.7 cm³/mol. The fourth-order valence-electron chi connectivity index (χ4n) is 1.62. The Balaban J connectivity index is 2.36. The van der Waals surface area contributed by atoms with E-state index in [0.29, 0.717) is 17.1 Å². The van der Waals surface area contributed by atoms with E-state index in [9.17, 15) is 0 Å². The first-order valence-corrected chi connectivity index (χ1v) is 6.45. The van der Waals surface area contributed by atoms with E-state index in [1.54, 1.807) is 19.2 Å². The normalized spacial score (nSPS) is 9.79. The molecule has 0 atom stereocenters. The zero-order chi connectivity index (χ0) is 13.8. The summed E-state index contributed by atoms with van der Waals surface area (Å²) in [4.78, 5) is 0. The topological polar surface area (TPSA) is 42.2 Å². The number of hydrogen-bond acceptors (Lipinski definition) is 3. The second-order valence-electron chi connectivity index (χ2n) is 4.01. The molecule has 0 bridgehead atoms. The molecular weight excluding hydrogens is 306 g/mol. The van der Waals surface area contributed by atoms with Crippen LogP contribution in [0.5, 0.6) is 17.2 Å². The van der Waals surface area contributed by atoms with E-state index < -0.39 is 0 Å². The Morgan fingerprint density at radius 2 is 1.89 bits per heavy atom. The van der Waals surface area contributed by atoms with Crippen LogP contribution in [0.2, 0.25) is 0 Å². The minimum Gasteiger partial charge on any atom is -0.497 e. The molecule has 0 saturated carbocycles. The summed E-state index contributed by atoms with van der Waals surface area (Å²) in [5.74, 6) is 1.93. The van der Waals surface area contributed by atoms with Gasteiger partial charge in [0.25, 0.3) is 0 Å². The van der Waals surface area contributed by atoms with Gasteiger partial charge in [0.05, 0.1) is 17.1 Å². The molecule has 0 fully saturated rings. The Bertz CT molecular complexity index is 647. The predicted octanol–water partition coefficient (Wildman–Crippen LogP) is 4.43. The van der Waals surface area contributed by atoms with Gasteiger partial charge in [0, 0.05) is 0 Å². The van der Waals surface area contributed by atoms with Crippen molar-refractivity contribution in [1.82, 2.24) is 0 Å². The molecule has 0 spiro atoms. The SMILES string of the molecule is COc1ccc(Oc2cc(C)ccc2C#N)c(Br)c1. The summed E-state index contributed by atoms with van der Waals surface area (Å²) in [5, 5.41) is 9.08. The van der Waals surface area contributed by atoms with Crippen molar-refractivity contribution in [1.29, 1.82) is 5.26 Å². The minimum atomic E-state index is 0.508. The lowest BCUT2D eigenvalue weighted by Gasteiger charge is -2.10. The summed E-state index contributed by atoms with van der Waals surface area (Å²) in [6.45, 7) is 1.96. The third-order valence-corrected chi connectivity index (χ3v) is 3.24. The van der Waals surface area contributed by atoms with Crippen molar-refractivity contribution < 1.29 is 9.47 Å². The second kappa shape index (κ2) is 5.77. The molecule has 0 aliphatic rings. The van der Waals surface area contributed by atoms with E-state index in [2.05, 4.69) is 22.0 Å². The highest BCUT2D eigenvalue weighted by atomic mass is 79.9. The lowest BCUT2D eigenvalue weighted by molar-refractivity contribution is 0.412. The molecule has 4 heteroatoms. The van der Waals surface area contributed by atoms with Crippen molar-refractivity contribution >= 4 is 15.9 Å². The Kier molecular flexibility index (Phi) is 4.08. The van der Waals surface area contributed by atoms with E-state index in [1.165, 1.54) is 0 Å². The standard InChI is InChI=1S/C15H12BrNO2/c1-10-3-4-11(9-17)15(7-10)19-14-6-5-12(18-2)8-13(14)16/h3-8H,1-2H3. The van der Waals surface area contributed by atoms with Gasteiger partial charge in [0.15, 0.2) is 0 Å². The van der Waals surface area contributed by atoms with Gasteiger partial charge in [-0.15, -0.1) is 0 Å². The minimum absolute atomic E-state index is 0.508. The summed E-state index contributed by atoms with van der Waals surface area (Å²) in [6, 6.07) is 13.0. The van der Waals surface area contributed by atoms with Crippen LogP contribution in [0, 0.1) is 18.3 Å². The average Bonchev–Trinajstić information content (AvgIpc) is 2.41. The van der Waals surface area contributed by atoms with Gasteiger partial charge in [-0.1, -0.05) is 6.07 Å². The number of rotatable bonds is 3. The second-order valence-corrected chi connectivity index (χ2v) is 4.86. The number of hydrogen-bond donors (Lipinski definition) is 0. The molecule has 2 aromatic rings. The van der Waals surface area contributed by atoms with Crippen LogP contribution in [0.4, 0.5) is 0 Å². The summed E-state index contributed by atoms with van der Waals surface area (Å²) in [7, 11) is 1.61. The molecule has 0 amide bonds. The van der Waals surface area contributed by atoms with Crippen molar-refractivity contribution in [3.8, 4) is 23.3 Å². The van der Waals surface area contributed by atoms with Gasteiger partial charge in [-0.25, -0.2) is 0 Å². The molecule has 3 nitrogen and oxygen atoms in total. The third-order valence-electron chi connectivity index (χ3n) is 2.62. The monoisotopic (exact) mass is 317 g/mol. The molecule has 0 radical (unpaired) electrons. The average molecular weight is 318 g/mol. The molecule has 0 N–H and O–H groups in total. The van der Waals surface area contributed by atoms with Gasteiger partial charge in [-0.2, -0.15) is 5.26 Å². The summed E-state index contributed by atoms with van der Waals surface area (Å²) >= 11 is 3.42. The largest absolute Gasteiger partial charge is 0.497 e. The summed E-state index contributed by atoms with van der Waals surface area (Å²) < 4.78 is 11.7. The van der Waals surface area contributed by atoms with Crippen LogP contribution >= 0.6 is 15.9 Å². The van der Waals surface area contributed by atoms with Crippen LogP contribution in [0.1, 0.15) is 11.1 Å². The maximum atomic E-state index is 9.08. The number of nitriles is 1. The van der Waals surface area contributed by atoms with Crippen LogP contribution in [-0.4, -0.2) is 7.11 Å². The van der Waals surface area contributed by atoms with E-state index in [-0.39, 0.29) is 0 Å². The zero-order valence-electron chi connectivity index (χ0n) is 10.6. The lowest BCUT2D eigenvalue weighted by atomic mass is 10.1. The molecule has 0 aliphatic heterocycles. The Morgan fingerprint density at radius 1 is 1.11 bits per heavy atom. The Labute approximate surface area is 120 Å². The van der Waals surface area contributed by atoms with Crippen LogP contribution in [0.3, 0.4) is 0 Å². The first-order valence-electron chi connectivity index (χ1n) is 5.66. The Hall–Kier alpha value is -1.99. The molecule has 0 aromatic heterocycles. The number of methoxy groups -OCH3 is 1. The quantitative estimate of drug-likeness (QED) is 0.841. The summed E-state index contributed by atoms with van der Waals surface area (Å²) in [6.07, 6.45) is 0. The van der Waals surface area contributed by atoms with Gasteiger partial charge in [-0.3, -0.25) is 0 Å². The van der Waals surface area contributed by atoms with Crippen LogP contribution in [0.25, 0.3) is 0 Å². The number of ether oxygens (including phenoxy) is 2. The van der Waals surface area contributed by atoms with Crippen molar-refractivity contribution in [2.75, 3.05) is 7.11 Å². The van der Waals surface area contributed by atoms with Crippen LogP contribution in [0.15, 0.2) is 40.9 Å². The molecule has 2 aromatic carbocycles. The van der Waals surface area contributed by atoms with Crippen molar-refractivity contribution in [2.45, 2.75) is 6.92 Å². The first-order chi connectivity index (χ1) is 9.13. The number of halogens is 1.